The van der Waals surface area contributed by atoms with Crippen molar-refractivity contribution >= 4 is 32.2 Å². The van der Waals surface area contributed by atoms with Gasteiger partial charge in [-0.05, 0) is 6.07 Å². The Morgan fingerprint density at radius 3 is 2.29 bits per heavy atom. The molecule has 152 valence electrons. The number of nitrogens with zero attached hydrogens (tertiary/aromatic N) is 4. The molecule has 0 aromatic carbocycles. The van der Waals surface area contributed by atoms with Crippen molar-refractivity contribution in [1.82, 2.24) is 19.5 Å². The fraction of sp³-hybridized carbons (Fsp3) is 0.357. The Kier molecular flexibility index (Phi) is 4.69. The number of imidazole rings is 1. The summed E-state index contributed by atoms with van der Waals surface area (Å²) in [6.45, 7) is 1.24. The lowest BCUT2D eigenvalue weighted by Crippen LogP contribution is -2.09. The Balaban J connectivity index is 2.30. The Bertz CT molecular complexity index is 1160. The van der Waals surface area contributed by atoms with E-state index in [1.54, 1.807) is 0 Å². The highest BCUT2D eigenvalue weighted by Gasteiger charge is 2.39. The minimum atomic E-state index is -4.89. The summed E-state index contributed by atoms with van der Waals surface area (Å²) in [6.07, 6.45) is -8.76. The number of alkyl halides is 6. The number of rotatable bonds is 3. The number of halogens is 6. The molecule has 0 aliphatic rings. The van der Waals surface area contributed by atoms with Crippen LogP contribution in [0.4, 0.5) is 26.3 Å². The molecule has 0 unspecified atom stereocenters. The predicted molar refractivity (Wildman–Crippen MR) is 87.3 cm³/mol. The van der Waals surface area contributed by atoms with Crippen LogP contribution in [0.3, 0.4) is 0 Å². The maximum atomic E-state index is 13.1. The van der Waals surface area contributed by atoms with Gasteiger partial charge in [-0.2, -0.15) is 26.3 Å². The molecule has 0 aliphatic heterocycles. The molecule has 0 amide bonds. The molecule has 0 fully saturated rings. The number of aromatic nitrogens is 4. The van der Waals surface area contributed by atoms with Gasteiger partial charge in [-0.3, -0.25) is 0 Å². The van der Waals surface area contributed by atoms with Crippen molar-refractivity contribution in [3.05, 3.63) is 23.0 Å². The fourth-order valence-corrected chi connectivity index (χ4v) is 4.66. The first-order valence-electron chi connectivity index (χ1n) is 7.46. The van der Waals surface area contributed by atoms with E-state index in [4.69, 9.17) is 0 Å². The molecular formula is C14H10F6N4O2S2. The third kappa shape index (κ3) is 3.45. The number of hydrogen-bond acceptors (Lipinski definition) is 6. The van der Waals surface area contributed by atoms with Gasteiger partial charge in [0, 0.05) is 7.05 Å². The number of aryl methyl sites for hydroxylation is 1. The normalized spacial score (nSPS) is 13.4. The summed E-state index contributed by atoms with van der Waals surface area (Å²) in [5, 5.41) is -2.20. The van der Waals surface area contributed by atoms with Crippen LogP contribution >= 0.6 is 11.3 Å². The van der Waals surface area contributed by atoms with E-state index in [-0.39, 0.29) is 28.2 Å². The summed E-state index contributed by atoms with van der Waals surface area (Å²) in [5.41, 5.74) is -1.34. The zero-order chi connectivity index (χ0) is 21.1. The maximum absolute atomic E-state index is 13.1. The van der Waals surface area contributed by atoms with Crippen LogP contribution in [-0.4, -0.2) is 33.7 Å². The van der Waals surface area contributed by atoms with Gasteiger partial charge >= 0.3 is 12.4 Å². The van der Waals surface area contributed by atoms with Gasteiger partial charge in [0.15, 0.2) is 25.7 Å². The molecule has 0 radical (unpaired) electrons. The second-order valence-corrected chi connectivity index (χ2v) is 8.80. The first kappa shape index (κ1) is 20.5. The lowest BCUT2D eigenvalue weighted by Gasteiger charge is -2.05. The van der Waals surface area contributed by atoms with Crippen LogP contribution in [0.5, 0.6) is 0 Å². The second kappa shape index (κ2) is 6.40. The summed E-state index contributed by atoms with van der Waals surface area (Å²) in [5.74, 6) is -0.763. The third-order valence-corrected chi connectivity index (χ3v) is 6.64. The molecule has 0 bridgehead atoms. The Labute approximate surface area is 157 Å². The maximum Gasteiger partial charge on any atom is 0.443 e. The van der Waals surface area contributed by atoms with E-state index in [2.05, 4.69) is 15.0 Å². The highest BCUT2D eigenvalue weighted by molar-refractivity contribution is 7.91. The molecule has 3 aromatic rings. The lowest BCUT2D eigenvalue weighted by molar-refractivity contribution is -0.141. The average Bonchev–Trinajstić information content (AvgIpc) is 3.16. The summed E-state index contributed by atoms with van der Waals surface area (Å²) < 4.78 is 103. The van der Waals surface area contributed by atoms with E-state index < -0.39 is 48.5 Å². The SMILES string of the molecule is CCS(=O)(=O)c1nc(C(F)(F)F)sc1-c1nc2cc(C(F)(F)F)ncc2n1C. The van der Waals surface area contributed by atoms with Crippen molar-refractivity contribution in [2.24, 2.45) is 7.05 Å². The van der Waals surface area contributed by atoms with E-state index in [9.17, 15) is 34.8 Å². The molecule has 0 spiro atoms. The molecule has 0 N–H and O–H groups in total. The third-order valence-electron chi connectivity index (χ3n) is 3.77. The average molecular weight is 444 g/mol. The molecule has 0 saturated carbocycles. The molecule has 0 saturated heterocycles. The van der Waals surface area contributed by atoms with Gasteiger partial charge < -0.3 is 4.57 Å². The van der Waals surface area contributed by atoms with Gasteiger partial charge in [0.25, 0.3) is 0 Å². The summed E-state index contributed by atoms with van der Waals surface area (Å²) in [6, 6.07) is 0.637. The quantitative estimate of drug-likeness (QED) is 0.573. The van der Waals surface area contributed by atoms with Crippen molar-refractivity contribution in [1.29, 1.82) is 0 Å². The second-order valence-electron chi connectivity index (χ2n) is 5.60. The van der Waals surface area contributed by atoms with Crippen molar-refractivity contribution in [3.8, 4) is 10.7 Å². The van der Waals surface area contributed by atoms with Crippen LogP contribution in [0.2, 0.25) is 0 Å². The molecule has 6 nitrogen and oxygen atoms in total. The highest BCUT2D eigenvalue weighted by Crippen LogP contribution is 2.41. The molecule has 28 heavy (non-hydrogen) atoms. The van der Waals surface area contributed by atoms with Crippen LogP contribution < -0.4 is 0 Å². The summed E-state index contributed by atoms with van der Waals surface area (Å²) in [7, 11) is -2.82. The van der Waals surface area contributed by atoms with Crippen LogP contribution in [0.15, 0.2) is 17.3 Å². The number of hydrogen-bond donors (Lipinski definition) is 0. The fourth-order valence-electron chi connectivity index (χ4n) is 2.36. The monoisotopic (exact) mass is 444 g/mol. The first-order chi connectivity index (χ1) is 12.8. The van der Waals surface area contributed by atoms with E-state index >= 15 is 0 Å². The zero-order valence-corrected chi connectivity index (χ0v) is 15.7. The summed E-state index contributed by atoms with van der Waals surface area (Å²) in [4.78, 5) is 10.0. The van der Waals surface area contributed by atoms with Crippen LogP contribution in [-0.2, 0) is 29.2 Å². The minimum absolute atomic E-state index is 0.0597. The van der Waals surface area contributed by atoms with Gasteiger partial charge in [0.05, 0.1) is 23.0 Å². The minimum Gasteiger partial charge on any atom is -0.325 e. The Morgan fingerprint density at radius 2 is 1.75 bits per heavy atom. The highest BCUT2D eigenvalue weighted by atomic mass is 32.2. The molecule has 3 rings (SSSR count). The van der Waals surface area contributed by atoms with Crippen molar-refractivity contribution in [3.63, 3.8) is 0 Å². The van der Waals surface area contributed by atoms with E-state index in [1.807, 2.05) is 0 Å². The van der Waals surface area contributed by atoms with Gasteiger partial charge in [0.1, 0.15) is 10.6 Å². The largest absolute Gasteiger partial charge is 0.443 e. The van der Waals surface area contributed by atoms with E-state index in [1.165, 1.54) is 18.5 Å². The number of thiazole rings is 1. The standard InChI is InChI=1S/C14H10F6N4O2S2/c1-3-28(25,26)11-9(27-12(23-11)14(18,19)20)10-22-6-4-8(13(15,16)17)21-5-7(6)24(10)2/h4-5H,3H2,1-2H3. The molecule has 3 aromatic heterocycles. The van der Waals surface area contributed by atoms with E-state index in [0.29, 0.717) is 6.07 Å². The molecule has 3 heterocycles. The molecule has 0 atom stereocenters. The number of sulfone groups is 1. The van der Waals surface area contributed by atoms with Crippen molar-refractivity contribution in [2.75, 3.05) is 5.75 Å². The molecular weight excluding hydrogens is 434 g/mol. The van der Waals surface area contributed by atoms with Crippen molar-refractivity contribution in [2.45, 2.75) is 24.3 Å². The van der Waals surface area contributed by atoms with E-state index in [0.717, 1.165) is 6.20 Å². The first-order valence-corrected chi connectivity index (χ1v) is 9.93. The summed E-state index contributed by atoms with van der Waals surface area (Å²) >= 11 is 0.0597. The Morgan fingerprint density at radius 1 is 1.11 bits per heavy atom. The van der Waals surface area contributed by atoms with Gasteiger partial charge in [-0.25, -0.2) is 23.4 Å². The number of fused-ring (bicyclic) bond motifs is 1. The van der Waals surface area contributed by atoms with Crippen LogP contribution in [0, 0.1) is 0 Å². The Hall–Kier alpha value is -2.22. The van der Waals surface area contributed by atoms with Gasteiger partial charge in [0.2, 0.25) is 0 Å². The lowest BCUT2D eigenvalue weighted by atomic mass is 10.3. The predicted octanol–water partition coefficient (Wildman–Crippen LogP) is 3.92. The van der Waals surface area contributed by atoms with Gasteiger partial charge in [-0.15, -0.1) is 11.3 Å². The topological polar surface area (TPSA) is 77.7 Å². The van der Waals surface area contributed by atoms with Crippen molar-refractivity contribution < 1.29 is 34.8 Å². The van der Waals surface area contributed by atoms with Gasteiger partial charge in [-0.1, -0.05) is 6.92 Å². The molecule has 14 heteroatoms. The van der Waals surface area contributed by atoms with Crippen LogP contribution in [0.25, 0.3) is 21.7 Å². The zero-order valence-electron chi connectivity index (χ0n) is 14.1. The smallest absolute Gasteiger partial charge is 0.325 e. The molecule has 0 aliphatic carbocycles. The number of pyridine rings is 1. The van der Waals surface area contributed by atoms with Crippen LogP contribution in [0.1, 0.15) is 17.6 Å².